The molecule has 1 aromatic heterocycles. The first-order valence-electron chi connectivity index (χ1n) is 4.63. The van der Waals surface area contributed by atoms with Gasteiger partial charge in [-0.15, -0.1) is 11.3 Å². The third-order valence-corrected chi connectivity index (χ3v) is 2.96. The van der Waals surface area contributed by atoms with E-state index in [-0.39, 0.29) is 12.4 Å². The number of aliphatic hydroxyl groups is 1. The van der Waals surface area contributed by atoms with E-state index in [2.05, 4.69) is 4.98 Å². The number of halogens is 1. The Bertz CT molecular complexity index is 498. The van der Waals surface area contributed by atoms with Gasteiger partial charge < -0.3 is 9.84 Å². The maximum absolute atomic E-state index is 13.1. The van der Waals surface area contributed by atoms with Gasteiger partial charge in [0.25, 0.3) is 0 Å². The van der Waals surface area contributed by atoms with Crippen molar-refractivity contribution >= 4 is 11.3 Å². The summed E-state index contributed by atoms with van der Waals surface area (Å²) in [6, 6.07) is 4.26. The molecule has 0 radical (unpaired) electrons. The summed E-state index contributed by atoms with van der Waals surface area (Å²) >= 11 is 1.33. The molecule has 0 amide bonds. The number of hydrogen-bond acceptors (Lipinski definition) is 4. The first-order valence-corrected chi connectivity index (χ1v) is 5.51. The summed E-state index contributed by atoms with van der Waals surface area (Å²) in [5, 5.41) is 11.3. The van der Waals surface area contributed by atoms with E-state index in [0.29, 0.717) is 22.0 Å². The van der Waals surface area contributed by atoms with Crippen molar-refractivity contribution in [1.29, 1.82) is 0 Å². The summed E-state index contributed by atoms with van der Waals surface area (Å²) < 4.78 is 18.3. The molecule has 1 N–H and O–H groups in total. The average Bonchev–Trinajstić information content (AvgIpc) is 2.77. The van der Waals surface area contributed by atoms with Gasteiger partial charge in [0.05, 0.1) is 19.4 Å². The van der Waals surface area contributed by atoms with Crippen molar-refractivity contribution in [2.24, 2.45) is 0 Å². The van der Waals surface area contributed by atoms with Crippen LogP contribution < -0.4 is 4.74 Å². The van der Waals surface area contributed by atoms with Crippen LogP contribution in [0.15, 0.2) is 23.6 Å². The molecule has 0 bridgehead atoms. The molecule has 0 saturated carbocycles. The van der Waals surface area contributed by atoms with Crippen LogP contribution in [0.3, 0.4) is 0 Å². The number of rotatable bonds is 3. The van der Waals surface area contributed by atoms with Gasteiger partial charge in [0.1, 0.15) is 16.6 Å². The Hall–Kier alpha value is -1.46. The first-order chi connectivity index (χ1) is 7.74. The van der Waals surface area contributed by atoms with Crippen LogP contribution in [0, 0.1) is 5.82 Å². The van der Waals surface area contributed by atoms with E-state index >= 15 is 0 Å². The van der Waals surface area contributed by atoms with Gasteiger partial charge in [0, 0.05) is 10.9 Å². The summed E-state index contributed by atoms with van der Waals surface area (Å²) in [5.74, 6) is 0.227. The summed E-state index contributed by atoms with van der Waals surface area (Å²) in [6.45, 7) is -0.109. The van der Waals surface area contributed by atoms with E-state index in [4.69, 9.17) is 9.84 Å². The molecule has 3 nitrogen and oxygen atoms in total. The Balaban J connectivity index is 2.49. The van der Waals surface area contributed by atoms with Crippen LogP contribution in [0.1, 0.15) is 5.01 Å². The minimum absolute atomic E-state index is 0.109. The zero-order chi connectivity index (χ0) is 11.5. The van der Waals surface area contributed by atoms with Gasteiger partial charge in [-0.05, 0) is 18.2 Å². The Labute approximate surface area is 96.2 Å². The van der Waals surface area contributed by atoms with E-state index in [9.17, 15) is 4.39 Å². The quantitative estimate of drug-likeness (QED) is 0.894. The molecule has 0 aliphatic rings. The van der Waals surface area contributed by atoms with E-state index in [1.807, 2.05) is 0 Å². The number of hydrogen-bond donors (Lipinski definition) is 1. The molecule has 1 heterocycles. The molecule has 0 fully saturated rings. The number of thiazole rings is 1. The first kappa shape index (κ1) is 11.0. The highest BCUT2D eigenvalue weighted by atomic mass is 32.1. The molecule has 16 heavy (non-hydrogen) atoms. The van der Waals surface area contributed by atoms with Crippen LogP contribution in [0.25, 0.3) is 11.3 Å². The van der Waals surface area contributed by atoms with Gasteiger partial charge in [-0.25, -0.2) is 9.37 Å². The van der Waals surface area contributed by atoms with Crippen LogP contribution in [0.2, 0.25) is 0 Å². The van der Waals surface area contributed by atoms with Gasteiger partial charge in [-0.3, -0.25) is 0 Å². The highest BCUT2D eigenvalue weighted by Gasteiger charge is 2.10. The smallest absolute Gasteiger partial charge is 0.128 e. The standard InChI is InChI=1S/C11H10FNO2S/c1-15-10-3-2-7(12)4-8(10)9-6-16-11(5-14)13-9/h2-4,6,14H,5H2,1H3. The molecule has 2 aromatic rings. The van der Waals surface area contributed by atoms with Gasteiger partial charge in [-0.2, -0.15) is 0 Å². The molecule has 0 saturated heterocycles. The maximum atomic E-state index is 13.1. The normalized spacial score (nSPS) is 10.4. The van der Waals surface area contributed by atoms with Crippen LogP contribution in [0.5, 0.6) is 5.75 Å². The molecule has 1 aromatic carbocycles. The zero-order valence-corrected chi connectivity index (χ0v) is 9.42. The van der Waals surface area contributed by atoms with Gasteiger partial charge in [-0.1, -0.05) is 0 Å². The predicted octanol–water partition coefficient (Wildman–Crippen LogP) is 2.45. The minimum Gasteiger partial charge on any atom is -0.496 e. The second kappa shape index (κ2) is 4.59. The highest BCUT2D eigenvalue weighted by molar-refractivity contribution is 7.09. The van der Waals surface area contributed by atoms with Crippen molar-refractivity contribution in [2.45, 2.75) is 6.61 Å². The summed E-state index contributed by atoms with van der Waals surface area (Å²) in [5.41, 5.74) is 1.21. The van der Waals surface area contributed by atoms with Crippen molar-refractivity contribution in [3.05, 3.63) is 34.4 Å². The van der Waals surface area contributed by atoms with Crippen molar-refractivity contribution < 1.29 is 14.2 Å². The fourth-order valence-electron chi connectivity index (χ4n) is 1.39. The molecular formula is C11H10FNO2S. The molecule has 5 heteroatoms. The second-order valence-electron chi connectivity index (χ2n) is 3.13. The lowest BCUT2D eigenvalue weighted by molar-refractivity contribution is 0.281. The van der Waals surface area contributed by atoms with Gasteiger partial charge >= 0.3 is 0 Å². The Kier molecular flexibility index (Phi) is 3.17. The van der Waals surface area contributed by atoms with Gasteiger partial charge in [0.2, 0.25) is 0 Å². The van der Waals surface area contributed by atoms with Crippen molar-refractivity contribution in [2.75, 3.05) is 7.11 Å². The molecule has 84 valence electrons. The molecule has 0 spiro atoms. The summed E-state index contributed by atoms with van der Waals surface area (Å²) in [4.78, 5) is 4.17. The molecule has 2 rings (SSSR count). The van der Waals surface area contributed by atoms with Crippen LogP contribution in [0.4, 0.5) is 4.39 Å². The predicted molar refractivity (Wildman–Crippen MR) is 60.0 cm³/mol. The lowest BCUT2D eigenvalue weighted by Crippen LogP contribution is -1.90. The van der Waals surface area contributed by atoms with E-state index in [1.54, 1.807) is 11.4 Å². The molecule has 0 aliphatic heterocycles. The Morgan fingerprint density at radius 3 is 2.94 bits per heavy atom. The van der Waals surface area contributed by atoms with Crippen molar-refractivity contribution in [3.8, 4) is 17.0 Å². The van der Waals surface area contributed by atoms with E-state index in [0.717, 1.165) is 0 Å². The van der Waals surface area contributed by atoms with Crippen LogP contribution in [-0.4, -0.2) is 17.2 Å². The molecule has 0 aliphatic carbocycles. The number of aromatic nitrogens is 1. The maximum Gasteiger partial charge on any atom is 0.128 e. The molecule has 0 unspecified atom stereocenters. The summed E-state index contributed by atoms with van der Waals surface area (Å²) in [6.07, 6.45) is 0. The molecular weight excluding hydrogens is 229 g/mol. The number of nitrogens with zero attached hydrogens (tertiary/aromatic N) is 1. The number of aliphatic hydroxyl groups excluding tert-OH is 1. The average molecular weight is 239 g/mol. The van der Waals surface area contributed by atoms with E-state index in [1.165, 1.54) is 30.6 Å². The van der Waals surface area contributed by atoms with Crippen molar-refractivity contribution in [1.82, 2.24) is 4.98 Å². The lowest BCUT2D eigenvalue weighted by Gasteiger charge is -2.05. The Morgan fingerprint density at radius 2 is 2.31 bits per heavy atom. The monoisotopic (exact) mass is 239 g/mol. The van der Waals surface area contributed by atoms with Crippen molar-refractivity contribution in [3.63, 3.8) is 0 Å². The minimum atomic E-state index is -0.339. The number of ether oxygens (including phenoxy) is 1. The third kappa shape index (κ3) is 2.05. The zero-order valence-electron chi connectivity index (χ0n) is 8.61. The second-order valence-corrected chi connectivity index (χ2v) is 4.07. The lowest BCUT2D eigenvalue weighted by atomic mass is 10.1. The summed E-state index contributed by atoms with van der Waals surface area (Å²) in [7, 11) is 1.52. The largest absolute Gasteiger partial charge is 0.496 e. The Morgan fingerprint density at radius 1 is 1.50 bits per heavy atom. The molecule has 0 atom stereocenters. The number of methoxy groups -OCH3 is 1. The third-order valence-electron chi connectivity index (χ3n) is 2.12. The number of benzene rings is 1. The SMILES string of the molecule is COc1ccc(F)cc1-c1csc(CO)n1. The van der Waals surface area contributed by atoms with E-state index < -0.39 is 0 Å². The fraction of sp³-hybridized carbons (Fsp3) is 0.182. The van der Waals surface area contributed by atoms with Crippen LogP contribution >= 0.6 is 11.3 Å². The topological polar surface area (TPSA) is 42.4 Å². The fourth-order valence-corrected chi connectivity index (χ4v) is 2.04. The highest BCUT2D eigenvalue weighted by Crippen LogP contribution is 2.31. The van der Waals surface area contributed by atoms with Crippen LogP contribution in [-0.2, 0) is 6.61 Å². The van der Waals surface area contributed by atoms with Gasteiger partial charge in [0.15, 0.2) is 0 Å².